The normalized spacial score (nSPS) is 42.0. The number of aliphatic hydroxyl groups is 4. The van der Waals surface area contributed by atoms with Crippen LogP contribution in [0.15, 0.2) is 0 Å². The molecule has 0 radical (unpaired) electrons. The molecule has 1 heterocycles. The Morgan fingerprint density at radius 3 is 2.25 bits per heavy atom. The summed E-state index contributed by atoms with van der Waals surface area (Å²) in [6, 6.07) is -0.534. The van der Waals surface area contributed by atoms with Crippen LogP contribution < -0.4 is 5.32 Å². The van der Waals surface area contributed by atoms with Gasteiger partial charge in [-0.05, 0) is 0 Å². The molecule has 0 aromatic rings. The Bertz CT molecular complexity index is 135. The molecule has 1 rings (SSSR count). The van der Waals surface area contributed by atoms with E-state index < -0.39 is 24.4 Å². The third kappa shape index (κ3) is 2.29. The van der Waals surface area contributed by atoms with Crippen LogP contribution in [0.1, 0.15) is 0 Å². The van der Waals surface area contributed by atoms with E-state index in [1.54, 1.807) is 0 Å². The van der Waals surface area contributed by atoms with E-state index in [0.29, 0.717) is 0 Å². The Hall–Kier alpha value is 0.0900. The maximum atomic E-state index is 9.18. The lowest BCUT2D eigenvalue weighted by Gasteiger charge is -2.34. The van der Waals surface area contributed by atoms with Gasteiger partial charge in [-0.3, -0.25) is 0 Å². The van der Waals surface area contributed by atoms with Crippen molar-refractivity contribution in [2.24, 2.45) is 0 Å². The van der Waals surface area contributed by atoms with Crippen LogP contribution in [0.25, 0.3) is 0 Å². The molecule has 0 aromatic carbocycles. The first-order chi connectivity index (χ1) is 5.16. The SMILES string of the molecule is Cl.OC[C@@H]1NC[C@@H](O)[C@H](O)[C@H]1O. The molecule has 1 fully saturated rings. The highest BCUT2D eigenvalue weighted by atomic mass is 35.5. The molecule has 5 nitrogen and oxygen atoms in total. The van der Waals surface area contributed by atoms with Crippen LogP contribution in [0.2, 0.25) is 0 Å². The predicted molar refractivity (Wildman–Crippen MR) is 44.1 cm³/mol. The fourth-order valence-corrected chi connectivity index (χ4v) is 1.15. The van der Waals surface area contributed by atoms with Gasteiger partial charge in [-0.2, -0.15) is 0 Å². The lowest BCUT2D eigenvalue weighted by atomic mass is 9.97. The van der Waals surface area contributed by atoms with E-state index in [2.05, 4.69) is 5.32 Å². The van der Waals surface area contributed by atoms with Crippen LogP contribution in [-0.2, 0) is 0 Å². The second kappa shape index (κ2) is 4.96. The van der Waals surface area contributed by atoms with Crippen molar-refractivity contribution in [3.63, 3.8) is 0 Å². The molecular formula is C6H14ClNO4. The van der Waals surface area contributed by atoms with Gasteiger partial charge >= 0.3 is 0 Å². The maximum absolute atomic E-state index is 9.18. The molecule has 0 aromatic heterocycles. The van der Waals surface area contributed by atoms with E-state index >= 15 is 0 Å². The number of rotatable bonds is 1. The minimum atomic E-state index is -1.16. The molecule has 5 N–H and O–H groups in total. The average molecular weight is 200 g/mol. The van der Waals surface area contributed by atoms with Crippen LogP contribution in [0.5, 0.6) is 0 Å². The van der Waals surface area contributed by atoms with Gasteiger partial charge in [-0.1, -0.05) is 0 Å². The summed E-state index contributed by atoms with van der Waals surface area (Å²) in [5.41, 5.74) is 0. The molecule has 1 aliphatic heterocycles. The molecule has 12 heavy (non-hydrogen) atoms. The second-order valence-electron chi connectivity index (χ2n) is 2.75. The molecule has 1 saturated heterocycles. The first-order valence-corrected chi connectivity index (χ1v) is 3.55. The van der Waals surface area contributed by atoms with E-state index in [4.69, 9.17) is 15.3 Å². The lowest BCUT2D eigenvalue weighted by Crippen LogP contribution is -2.60. The molecule has 4 atom stereocenters. The summed E-state index contributed by atoms with van der Waals surface area (Å²) in [5, 5.41) is 38.6. The van der Waals surface area contributed by atoms with Crippen molar-refractivity contribution < 1.29 is 20.4 Å². The number of β-amino-alcohol motifs (C(OH)–C–C–N with tert-alkyl or cyclic N) is 1. The number of hydrogen-bond acceptors (Lipinski definition) is 5. The van der Waals surface area contributed by atoms with E-state index in [1.165, 1.54) is 0 Å². The lowest BCUT2D eigenvalue weighted by molar-refractivity contribution is -0.101. The van der Waals surface area contributed by atoms with Crippen molar-refractivity contribution in [2.45, 2.75) is 24.4 Å². The minimum Gasteiger partial charge on any atom is -0.395 e. The van der Waals surface area contributed by atoms with Gasteiger partial charge in [0.05, 0.1) is 24.9 Å². The summed E-state index contributed by atoms with van der Waals surface area (Å²) in [6.07, 6.45) is -3.20. The van der Waals surface area contributed by atoms with Crippen LogP contribution in [0, 0.1) is 0 Å². The van der Waals surface area contributed by atoms with Gasteiger partial charge in [-0.15, -0.1) is 12.4 Å². The molecule has 1 aliphatic rings. The van der Waals surface area contributed by atoms with E-state index in [0.717, 1.165) is 0 Å². The number of piperidine rings is 1. The second-order valence-corrected chi connectivity index (χ2v) is 2.75. The van der Waals surface area contributed by atoms with Gasteiger partial charge in [-0.25, -0.2) is 0 Å². The Labute approximate surface area is 76.4 Å². The smallest absolute Gasteiger partial charge is 0.109 e. The highest BCUT2D eigenvalue weighted by molar-refractivity contribution is 5.85. The molecule has 0 aliphatic carbocycles. The maximum Gasteiger partial charge on any atom is 0.109 e. The van der Waals surface area contributed by atoms with Gasteiger partial charge in [0.25, 0.3) is 0 Å². The van der Waals surface area contributed by atoms with Crippen LogP contribution >= 0.6 is 12.4 Å². The van der Waals surface area contributed by atoms with Crippen LogP contribution in [0.4, 0.5) is 0 Å². The topological polar surface area (TPSA) is 93.0 Å². The highest BCUT2D eigenvalue weighted by Gasteiger charge is 2.35. The van der Waals surface area contributed by atoms with Crippen molar-refractivity contribution in [3.8, 4) is 0 Å². The first-order valence-electron chi connectivity index (χ1n) is 3.55. The monoisotopic (exact) mass is 199 g/mol. The van der Waals surface area contributed by atoms with Gasteiger partial charge < -0.3 is 25.7 Å². The molecular weight excluding hydrogens is 186 g/mol. The molecule has 74 valence electrons. The fourth-order valence-electron chi connectivity index (χ4n) is 1.15. The van der Waals surface area contributed by atoms with Gasteiger partial charge in [0.2, 0.25) is 0 Å². The Morgan fingerprint density at radius 1 is 1.17 bits per heavy atom. The average Bonchev–Trinajstić information content (AvgIpc) is 2.01. The molecule has 0 unspecified atom stereocenters. The summed E-state index contributed by atoms with van der Waals surface area (Å²) in [4.78, 5) is 0. The summed E-state index contributed by atoms with van der Waals surface area (Å²) in [6.45, 7) is -0.0472. The Morgan fingerprint density at radius 2 is 1.75 bits per heavy atom. The van der Waals surface area contributed by atoms with Gasteiger partial charge in [0, 0.05) is 6.54 Å². The predicted octanol–water partition coefficient (Wildman–Crippen LogP) is -2.54. The van der Waals surface area contributed by atoms with Gasteiger partial charge in [0.1, 0.15) is 6.10 Å². The number of aliphatic hydroxyl groups excluding tert-OH is 4. The van der Waals surface area contributed by atoms with Crippen molar-refractivity contribution >= 4 is 12.4 Å². The first kappa shape index (κ1) is 12.1. The van der Waals surface area contributed by atoms with Crippen LogP contribution in [-0.4, -0.2) is 57.9 Å². The standard InChI is InChI=1S/C6H13NO4.ClH/c8-2-3-5(10)6(11)4(9)1-7-3;/h3-11H,1-2H2;1H/t3-,4+,5-,6-;/m0./s1. The summed E-state index contributed by atoms with van der Waals surface area (Å²) in [7, 11) is 0. The van der Waals surface area contributed by atoms with E-state index in [-0.39, 0.29) is 25.6 Å². The molecule has 0 amide bonds. The number of halogens is 1. The third-order valence-corrected chi connectivity index (χ3v) is 1.94. The third-order valence-electron chi connectivity index (χ3n) is 1.94. The van der Waals surface area contributed by atoms with Crippen molar-refractivity contribution in [3.05, 3.63) is 0 Å². The van der Waals surface area contributed by atoms with Crippen molar-refractivity contribution in [2.75, 3.05) is 13.2 Å². The fraction of sp³-hybridized carbons (Fsp3) is 1.00. The minimum absolute atomic E-state index is 0. The summed E-state index contributed by atoms with van der Waals surface area (Å²) in [5.74, 6) is 0. The quantitative estimate of drug-likeness (QED) is 0.321. The Kier molecular flexibility index (Phi) is 5.00. The van der Waals surface area contributed by atoms with Gasteiger partial charge in [0.15, 0.2) is 0 Å². The van der Waals surface area contributed by atoms with Crippen molar-refractivity contribution in [1.29, 1.82) is 0 Å². The van der Waals surface area contributed by atoms with Crippen LogP contribution in [0.3, 0.4) is 0 Å². The molecule has 0 saturated carbocycles. The summed E-state index contributed by atoms with van der Waals surface area (Å²) < 4.78 is 0. The van der Waals surface area contributed by atoms with E-state index in [9.17, 15) is 5.11 Å². The zero-order chi connectivity index (χ0) is 8.43. The molecule has 0 spiro atoms. The number of hydrogen-bond donors (Lipinski definition) is 5. The van der Waals surface area contributed by atoms with Crippen molar-refractivity contribution in [1.82, 2.24) is 5.32 Å². The Balaban J connectivity index is 0.00000121. The summed E-state index contributed by atoms with van der Waals surface area (Å²) >= 11 is 0. The van der Waals surface area contributed by atoms with E-state index in [1.807, 2.05) is 0 Å². The zero-order valence-corrected chi connectivity index (χ0v) is 7.24. The largest absolute Gasteiger partial charge is 0.395 e. The number of nitrogens with one attached hydrogen (secondary N) is 1. The molecule has 0 bridgehead atoms. The zero-order valence-electron chi connectivity index (χ0n) is 6.42. The highest BCUT2D eigenvalue weighted by Crippen LogP contribution is 2.09. The molecule has 6 heteroatoms.